The van der Waals surface area contributed by atoms with E-state index in [2.05, 4.69) is 33.0 Å². The molecule has 0 heterocycles. The van der Waals surface area contributed by atoms with Gasteiger partial charge in [0.05, 0.1) is 11.5 Å². The Morgan fingerprint density at radius 2 is 1.83 bits per heavy atom. The van der Waals surface area contributed by atoms with Gasteiger partial charge in [-0.15, -0.1) is 0 Å². The molecular weight excluding hydrogens is 347 g/mol. The summed E-state index contributed by atoms with van der Waals surface area (Å²) < 4.78 is 5.84. The number of carbonyl (C=O) groups excluding carboxylic acids is 1. The first-order valence-electron chi connectivity index (χ1n) is 6.31. The third-order valence-electron chi connectivity index (χ3n) is 2.72. The van der Waals surface area contributed by atoms with Crippen LogP contribution in [0.2, 0.25) is 0 Å². The van der Waals surface area contributed by atoms with Crippen LogP contribution in [0.25, 0.3) is 0 Å². The fraction of sp³-hybridized carbons (Fsp3) is 0.786. The summed E-state index contributed by atoms with van der Waals surface area (Å²) in [6.07, 6.45) is 4.25. The van der Waals surface area contributed by atoms with Crippen LogP contribution >= 0.6 is 0 Å². The van der Waals surface area contributed by atoms with E-state index >= 15 is 0 Å². The van der Waals surface area contributed by atoms with Crippen LogP contribution in [0.1, 0.15) is 53.9 Å². The Hall–Kier alpha value is 1.35. The van der Waals surface area contributed by atoms with Crippen molar-refractivity contribution < 1.29 is 78.4 Å². The predicted octanol–water partition coefficient (Wildman–Crippen LogP) is -0.0910. The summed E-state index contributed by atoms with van der Waals surface area (Å²) in [5.74, 6) is -0.136. The largest absolute Gasteiger partial charge is 1.00 e. The Labute approximate surface area is 172 Å². The van der Waals surface area contributed by atoms with Crippen LogP contribution in [0.15, 0.2) is 0 Å². The molecule has 102 valence electrons. The van der Waals surface area contributed by atoms with Crippen LogP contribution in [0.3, 0.4) is 0 Å². The van der Waals surface area contributed by atoms with Crippen molar-refractivity contribution in [2.75, 3.05) is 6.61 Å². The molecule has 18 heavy (non-hydrogen) atoms. The number of hydrogen-bond acceptors (Lipinski definition) is 2. The summed E-state index contributed by atoms with van der Waals surface area (Å²) in [6.45, 7) is 14.4. The molecule has 0 rings (SSSR count). The third-order valence-corrected chi connectivity index (χ3v) is 2.72. The fourth-order valence-electron chi connectivity index (χ4n) is 1.70. The molecule has 0 spiro atoms. The van der Waals surface area contributed by atoms with Gasteiger partial charge in [0.1, 0.15) is 0 Å². The van der Waals surface area contributed by atoms with Crippen molar-refractivity contribution in [3.05, 3.63) is 13.3 Å². The molecule has 0 aliphatic rings. The number of ether oxygens (including phenoxy) is 1. The quantitative estimate of drug-likeness (QED) is 0.604. The van der Waals surface area contributed by atoms with Crippen LogP contribution in [0, 0.1) is 13.3 Å². The molecule has 0 radical (unpaired) electrons. The molecule has 0 saturated carbocycles. The molecule has 0 bridgehead atoms. The summed E-state index contributed by atoms with van der Waals surface area (Å²) in [4.78, 5) is 11.2. The van der Waals surface area contributed by atoms with Crippen LogP contribution < -0.4 is 74.2 Å². The smallest absolute Gasteiger partial charge is 0.491 e. The number of amides is 1. The van der Waals surface area contributed by atoms with E-state index in [4.69, 9.17) is 4.74 Å². The van der Waals surface area contributed by atoms with Crippen molar-refractivity contribution in [1.29, 1.82) is 0 Å². The second kappa shape index (κ2) is 10.1. The molecule has 0 aromatic carbocycles. The van der Waals surface area contributed by atoms with Gasteiger partial charge >= 0.3 is 68.9 Å². The third kappa shape index (κ3) is 11.2. The first kappa shape index (κ1) is 21.6. The minimum Gasteiger partial charge on any atom is -0.491 e. The Morgan fingerprint density at radius 1 is 1.28 bits per heavy atom. The van der Waals surface area contributed by atoms with Gasteiger partial charge in [-0.2, -0.15) is 0 Å². The maximum atomic E-state index is 11.2. The van der Waals surface area contributed by atoms with E-state index in [1.807, 2.05) is 13.8 Å². The summed E-state index contributed by atoms with van der Waals surface area (Å²) in [5, 5.41) is 2.89. The standard InChI is InChI=1S/C14H27NO2.Cs/c1-7-9-14(5,6)17-11-10-13(3,4)15-12(16)8-2;/h8H,2,7,9-11H2,1,3-6H3,(H,15,16);/q-2;+1. The van der Waals surface area contributed by atoms with E-state index in [0.717, 1.165) is 19.3 Å². The van der Waals surface area contributed by atoms with E-state index in [-0.39, 0.29) is 85.9 Å². The van der Waals surface area contributed by atoms with Gasteiger partial charge in [0, 0.05) is 12.1 Å². The fourth-order valence-corrected chi connectivity index (χ4v) is 1.70. The zero-order chi connectivity index (χ0) is 13.5. The Balaban J connectivity index is 0. The summed E-state index contributed by atoms with van der Waals surface area (Å²) >= 11 is 0. The minimum absolute atomic E-state index is 0. The zero-order valence-electron chi connectivity index (χ0n) is 12.9. The molecule has 1 amide bonds. The van der Waals surface area contributed by atoms with Gasteiger partial charge in [-0.3, -0.25) is 0 Å². The van der Waals surface area contributed by atoms with Crippen LogP contribution in [-0.4, -0.2) is 23.7 Å². The van der Waals surface area contributed by atoms with Crippen molar-refractivity contribution in [3.8, 4) is 0 Å². The first-order valence-corrected chi connectivity index (χ1v) is 6.31. The maximum Gasteiger partial charge on any atom is 1.00 e. The predicted molar refractivity (Wildman–Crippen MR) is 71.4 cm³/mol. The summed E-state index contributed by atoms with van der Waals surface area (Å²) in [7, 11) is 0. The van der Waals surface area contributed by atoms with Crippen molar-refractivity contribution in [3.63, 3.8) is 0 Å². The van der Waals surface area contributed by atoms with Crippen molar-refractivity contribution in [2.24, 2.45) is 0 Å². The van der Waals surface area contributed by atoms with Gasteiger partial charge in [-0.05, 0) is 40.5 Å². The van der Waals surface area contributed by atoms with Gasteiger partial charge in [-0.1, -0.05) is 13.3 Å². The molecule has 0 atom stereocenters. The normalized spacial score (nSPS) is 11.7. The topological polar surface area (TPSA) is 38.3 Å². The minimum atomic E-state index is -0.256. The van der Waals surface area contributed by atoms with Crippen LogP contribution in [-0.2, 0) is 9.53 Å². The molecule has 0 saturated heterocycles. The van der Waals surface area contributed by atoms with E-state index in [1.165, 1.54) is 6.42 Å². The average Bonchev–Trinajstić information content (AvgIpc) is 2.15. The SMILES string of the molecule is [CH2-][CH-]C(=O)NC(C)(C)CCOC(C)(C)CCC.[Cs+]. The molecule has 0 fully saturated rings. The summed E-state index contributed by atoms with van der Waals surface area (Å²) in [6, 6.07) is 0. The van der Waals surface area contributed by atoms with Crippen molar-refractivity contribution >= 4 is 5.91 Å². The van der Waals surface area contributed by atoms with Crippen molar-refractivity contribution in [1.82, 2.24) is 5.32 Å². The Morgan fingerprint density at radius 3 is 2.28 bits per heavy atom. The van der Waals surface area contributed by atoms with Gasteiger partial charge in [0.25, 0.3) is 0 Å². The van der Waals surface area contributed by atoms with E-state index in [0.29, 0.717) is 6.61 Å². The molecule has 1 N–H and O–H groups in total. The molecule has 3 nitrogen and oxygen atoms in total. The Kier molecular flexibility index (Phi) is 12.2. The molecule has 0 aliphatic carbocycles. The molecular formula is C14H27CsNO2-. The van der Waals surface area contributed by atoms with E-state index in [1.54, 1.807) is 0 Å². The van der Waals surface area contributed by atoms with E-state index in [9.17, 15) is 4.79 Å². The maximum absolute atomic E-state index is 11.2. The Bertz CT molecular complexity index is 240. The first-order chi connectivity index (χ1) is 7.72. The average molecular weight is 374 g/mol. The number of hydrogen-bond donors (Lipinski definition) is 1. The van der Waals surface area contributed by atoms with Crippen LogP contribution in [0.5, 0.6) is 0 Å². The molecule has 0 aromatic rings. The zero-order valence-corrected chi connectivity index (χ0v) is 19.2. The van der Waals surface area contributed by atoms with Crippen molar-refractivity contribution in [2.45, 2.75) is 65.0 Å². The number of carbonyl (C=O) groups is 1. The monoisotopic (exact) mass is 374 g/mol. The van der Waals surface area contributed by atoms with Gasteiger partial charge in [0.15, 0.2) is 0 Å². The molecule has 0 unspecified atom stereocenters. The van der Waals surface area contributed by atoms with Gasteiger partial charge in [0.2, 0.25) is 0 Å². The second-order valence-electron chi connectivity index (χ2n) is 5.69. The molecule has 4 heteroatoms. The number of nitrogens with one attached hydrogen (secondary N) is 1. The second-order valence-corrected chi connectivity index (χ2v) is 5.69. The molecule has 0 aliphatic heterocycles. The van der Waals surface area contributed by atoms with E-state index < -0.39 is 0 Å². The van der Waals surface area contributed by atoms with Crippen LogP contribution in [0.4, 0.5) is 0 Å². The molecule has 0 aromatic heterocycles. The van der Waals surface area contributed by atoms with Gasteiger partial charge < -0.3 is 28.2 Å². The van der Waals surface area contributed by atoms with Gasteiger partial charge in [-0.25, -0.2) is 0 Å². The number of rotatable bonds is 8. The summed E-state index contributed by atoms with van der Waals surface area (Å²) in [5.41, 5.74) is -0.332.